The topological polar surface area (TPSA) is 111 Å². The van der Waals surface area contributed by atoms with E-state index in [9.17, 15) is 18.0 Å². The fourth-order valence-corrected chi connectivity index (χ4v) is 5.12. The molecule has 0 bridgehead atoms. The maximum atomic E-state index is 12.6. The molecule has 2 aliphatic rings. The van der Waals surface area contributed by atoms with E-state index in [2.05, 4.69) is 5.32 Å². The van der Waals surface area contributed by atoms with Gasteiger partial charge in [-0.25, -0.2) is 13.2 Å². The van der Waals surface area contributed by atoms with Gasteiger partial charge in [0.15, 0.2) is 18.1 Å². The molecule has 2 aromatic rings. The zero-order valence-corrected chi connectivity index (χ0v) is 18.4. The van der Waals surface area contributed by atoms with Gasteiger partial charge in [0.05, 0.1) is 16.5 Å². The van der Waals surface area contributed by atoms with E-state index in [1.165, 1.54) is 28.6 Å². The Morgan fingerprint density at radius 3 is 2.47 bits per heavy atom. The lowest BCUT2D eigenvalue weighted by molar-refractivity contribution is -0.124. The van der Waals surface area contributed by atoms with Crippen LogP contribution in [0.15, 0.2) is 47.4 Å². The third kappa shape index (κ3) is 4.71. The molecule has 1 N–H and O–H groups in total. The molecule has 1 atom stereocenters. The van der Waals surface area contributed by atoms with E-state index in [1.807, 2.05) is 6.07 Å². The van der Waals surface area contributed by atoms with Crippen molar-refractivity contribution in [3.05, 3.63) is 53.6 Å². The Hall–Kier alpha value is -3.11. The quantitative estimate of drug-likeness (QED) is 0.631. The Labute approximate surface area is 186 Å². The molecule has 0 spiro atoms. The molecule has 2 heterocycles. The van der Waals surface area contributed by atoms with E-state index in [4.69, 9.17) is 14.2 Å². The predicted molar refractivity (Wildman–Crippen MR) is 114 cm³/mol. The average Bonchev–Trinajstić information content (AvgIpc) is 3.49. The SMILES string of the molecule is CC(NC(=O)COC(=O)c1ccc(S(=O)(=O)N2CCCC2)cc1)c1ccc2c(c1)OCO2. The van der Waals surface area contributed by atoms with E-state index < -0.39 is 28.5 Å². The van der Waals surface area contributed by atoms with Gasteiger partial charge in [-0.2, -0.15) is 4.31 Å². The van der Waals surface area contributed by atoms with Crippen LogP contribution in [0, 0.1) is 0 Å². The molecule has 4 rings (SSSR count). The summed E-state index contributed by atoms with van der Waals surface area (Å²) in [5.41, 5.74) is 0.991. The van der Waals surface area contributed by atoms with Crippen molar-refractivity contribution in [3.63, 3.8) is 0 Å². The highest BCUT2D eigenvalue weighted by atomic mass is 32.2. The molecule has 2 aromatic carbocycles. The molecule has 2 aliphatic heterocycles. The molecule has 1 amide bonds. The highest BCUT2D eigenvalue weighted by Crippen LogP contribution is 2.34. The van der Waals surface area contributed by atoms with Crippen molar-refractivity contribution < 1.29 is 32.2 Å². The Morgan fingerprint density at radius 1 is 1.06 bits per heavy atom. The number of ether oxygens (including phenoxy) is 3. The molecule has 9 nitrogen and oxygen atoms in total. The number of fused-ring (bicyclic) bond motifs is 1. The minimum absolute atomic E-state index is 0.131. The minimum Gasteiger partial charge on any atom is -0.454 e. The number of benzene rings is 2. The third-order valence-electron chi connectivity index (χ3n) is 5.40. The Bertz CT molecular complexity index is 1110. The van der Waals surface area contributed by atoms with Gasteiger partial charge >= 0.3 is 5.97 Å². The molecule has 1 unspecified atom stereocenters. The molecule has 0 aromatic heterocycles. The maximum Gasteiger partial charge on any atom is 0.338 e. The van der Waals surface area contributed by atoms with Crippen LogP contribution in [0.5, 0.6) is 11.5 Å². The second-order valence-electron chi connectivity index (χ2n) is 7.61. The maximum absolute atomic E-state index is 12.6. The Balaban J connectivity index is 1.30. The first-order valence-electron chi connectivity index (χ1n) is 10.3. The zero-order chi connectivity index (χ0) is 22.7. The molecule has 170 valence electrons. The normalized spacial score (nSPS) is 16.5. The fraction of sp³-hybridized carbons (Fsp3) is 0.364. The highest BCUT2D eigenvalue weighted by Gasteiger charge is 2.27. The molecular weight excluding hydrogens is 436 g/mol. The van der Waals surface area contributed by atoms with E-state index in [0.717, 1.165) is 18.4 Å². The number of esters is 1. The third-order valence-corrected chi connectivity index (χ3v) is 7.31. The molecule has 32 heavy (non-hydrogen) atoms. The molecule has 1 fully saturated rings. The number of sulfonamides is 1. The lowest BCUT2D eigenvalue weighted by atomic mass is 10.1. The largest absolute Gasteiger partial charge is 0.454 e. The van der Waals surface area contributed by atoms with Gasteiger partial charge in [0, 0.05) is 13.1 Å². The van der Waals surface area contributed by atoms with Gasteiger partial charge in [-0.05, 0) is 61.7 Å². The lowest BCUT2D eigenvalue weighted by Crippen LogP contribution is -2.31. The Kier molecular flexibility index (Phi) is 6.33. The highest BCUT2D eigenvalue weighted by molar-refractivity contribution is 7.89. The zero-order valence-electron chi connectivity index (χ0n) is 17.6. The van der Waals surface area contributed by atoms with Gasteiger partial charge in [0.2, 0.25) is 16.8 Å². The van der Waals surface area contributed by atoms with E-state index >= 15 is 0 Å². The number of carbonyl (C=O) groups is 2. The van der Waals surface area contributed by atoms with Crippen LogP contribution in [-0.2, 0) is 19.6 Å². The van der Waals surface area contributed by atoms with Crippen molar-refractivity contribution in [1.29, 1.82) is 0 Å². The van der Waals surface area contributed by atoms with Crippen LogP contribution < -0.4 is 14.8 Å². The smallest absolute Gasteiger partial charge is 0.338 e. The van der Waals surface area contributed by atoms with Crippen molar-refractivity contribution in [3.8, 4) is 11.5 Å². The standard InChI is InChI=1S/C22H24N2O7S/c1-15(17-6-9-19-20(12-17)31-14-30-19)23-21(25)13-29-22(26)16-4-7-18(8-5-16)32(27,28)24-10-2-3-11-24/h4-9,12,15H,2-3,10-11,13-14H2,1H3,(H,23,25). The fourth-order valence-electron chi connectivity index (χ4n) is 3.60. The molecule has 10 heteroatoms. The van der Waals surface area contributed by atoms with E-state index in [-0.39, 0.29) is 23.3 Å². The number of carbonyl (C=O) groups excluding carboxylic acids is 2. The first-order chi connectivity index (χ1) is 15.3. The van der Waals surface area contributed by atoms with Crippen LogP contribution in [0.1, 0.15) is 41.7 Å². The predicted octanol–water partition coefficient (Wildman–Crippen LogP) is 2.23. The summed E-state index contributed by atoms with van der Waals surface area (Å²) >= 11 is 0. The van der Waals surface area contributed by atoms with Crippen LogP contribution in [0.25, 0.3) is 0 Å². The molecule has 0 saturated carbocycles. The molecule has 0 radical (unpaired) electrons. The van der Waals surface area contributed by atoms with Crippen LogP contribution in [0.4, 0.5) is 0 Å². The average molecular weight is 461 g/mol. The number of rotatable bonds is 7. The summed E-state index contributed by atoms with van der Waals surface area (Å²) in [4.78, 5) is 24.6. The van der Waals surface area contributed by atoms with Crippen LogP contribution in [0.2, 0.25) is 0 Å². The number of amides is 1. The van der Waals surface area contributed by atoms with E-state index in [1.54, 1.807) is 19.1 Å². The van der Waals surface area contributed by atoms with Crippen LogP contribution in [-0.4, -0.2) is 51.1 Å². The van der Waals surface area contributed by atoms with E-state index in [0.29, 0.717) is 24.6 Å². The van der Waals surface area contributed by atoms with Gasteiger partial charge in [0.1, 0.15) is 0 Å². The Morgan fingerprint density at radius 2 is 1.75 bits per heavy atom. The minimum atomic E-state index is -3.55. The monoisotopic (exact) mass is 460 g/mol. The summed E-state index contributed by atoms with van der Waals surface area (Å²) in [6, 6.07) is 10.6. The molecule has 0 aliphatic carbocycles. The van der Waals surface area contributed by atoms with Crippen molar-refractivity contribution in [2.45, 2.75) is 30.7 Å². The molecular formula is C22H24N2O7S. The number of nitrogens with one attached hydrogen (secondary N) is 1. The van der Waals surface area contributed by atoms with Gasteiger partial charge in [-0.3, -0.25) is 4.79 Å². The summed E-state index contributed by atoms with van der Waals surface area (Å²) in [6.07, 6.45) is 1.69. The summed E-state index contributed by atoms with van der Waals surface area (Å²) in [7, 11) is -3.55. The summed E-state index contributed by atoms with van der Waals surface area (Å²) in [5.74, 6) is 0.100. The number of hydrogen-bond acceptors (Lipinski definition) is 7. The van der Waals surface area contributed by atoms with Crippen LogP contribution >= 0.6 is 0 Å². The first-order valence-corrected chi connectivity index (χ1v) is 11.7. The number of hydrogen-bond donors (Lipinski definition) is 1. The van der Waals surface area contributed by atoms with Crippen molar-refractivity contribution >= 4 is 21.9 Å². The van der Waals surface area contributed by atoms with Crippen molar-refractivity contribution in [2.24, 2.45) is 0 Å². The van der Waals surface area contributed by atoms with Gasteiger partial charge < -0.3 is 19.5 Å². The number of nitrogens with zero attached hydrogens (tertiary/aromatic N) is 1. The van der Waals surface area contributed by atoms with Crippen molar-refractivity contribution in [2.75, 3.05) is 26.5 Å². The second kappa shape index (κ2) is 9.17. The van der Waals surface area contributed by atoms with Crippen molar-refractivity contribution in [1.82, 2.24) is 9.62 Å². The van der Waals surface area contributed by atoms with Gasteiger partial charge in [-0.1, -0.05) is 6.07 Å². The molecule has 1 saturated heterocycles. The summed E-state index contributed by atoms with van der Waals surface area (Å²) in [5, 5.41) is 2.76. The van der Waals surface area contributed by atoms with Gasteiger partial charge in [0.25, 0.3) is 5.91 Å². The summed E-state index contributed by atoms with van der Waals surface area (Å²) in [6.45, 7) is 2.52. The van der Waals surface area contributed by atoms with Crippen LogP contribution in [0.3, 0.4) is 0 Å². The lowest BCUT2D eigenvalue weighted by Gasteiger charge is -2.16. The second-order valence-corrected chi connectivity index (χ2v) is 9.55. The summed E-state index contributed by atoms with van der Waals surface area (Å²) < 4.78 is 42.2. The van der Waals surface area contributed by atoms with Gasteiger partial charge in [-0.15, -0.1) is 0 Å². The first kappa shape index (κ1) is 22.1.